The van der Waals surface area contributed by atoms with Crippen LogP contribution in [0.25, 0.3) is 0 Å². The van der Waals surface area contributed by atoms with Crippen LogP contribution in [0.4, 0.5) is 5.69 Å². The van der Waals surface area contributed by atoms with Gasteiger partial charge in [0.2, 0.25) is 11.8 Å². The normalized spacial score (nSPS) is 18.1. The molecule has 22 heavy (non-hydrogen) atoms. The molecule has 1 N–H and O–H groups in total. The third-order valence-electron chi connectivity index (χ3n) is 4.24. The first-order valence-electron chi connectivity index (χ1n) is 8.17. The molecule has 1 unspecified atom stereocenters. The Morgan fingerprint density at radius 1 is 1.18 bits per heavy atom. The van der Waals surface area contributed by atoms with Crippen molar-refractivity contribution in [2.75, 3.05) is 11.9 Å². The van der Waals surface area contributed by atoms with E-state index in [1.54, 1.807) is 0 Å². The first kappa shape index (κ1) is 16.5. The number of rotatable bonds is 4. The molecule has 2 amide bonds. The fourth-order valence-electron chi connectivity index (χ4n) is 3.24. The van der Waals surface area contributed by atoms with E-state index in [2.05, 4.69) is 18.3 Å². The molecule has 1 aliphatic heterocycles. The molecular weight excluding hydrogens is 276 g/mol. The molecule has 0 aliphatic carbocycles. The van der Waals surface area contributed by atoms with E-state index in [1.807, 2.05) is 30.9 Å². The average molecular weight is 302 g/mol. The molecule has 2 rings (SSSR count). The van der Waals surface area contributed by atoms with E-state index < -0.39 is 0 Å². The number of aryl methyl sites for hydroxylation is 2. The zero-order chi connectivity index (χ0) is 16.1. The molecule has 4 heteroatoms. The van der Waals surface area contributed by atoms with Crippen molar-refractivity contribution in [3.8, 4) is 0 Å². The summed E-state index contributed by atoms with van der Waals surface area (Å²) in [5, 5.41) is 2.84. The van der Waals surface area contributed by atoms with Gasteiger partial charge in [0.15, 0.2) is 0 Å². The summed E-state index contributed by atoms with van der Waals surface area (Å²) >= 11 is 0. The summed E-state index contributed by atoms with van der Waals surface area (Å²) in [6, 6.07) is 6.20. The quantitative estimate of drug-likeness (QED) is 0.866. The molecule has 0 spiro atoms. The zero-order valence-corrected chi connectivity index (χ0v) is 13.8. The van der Waals surface area contributed by atoms with Crippen LogP contribution in [0.15, 0.2) is 18.2 Å². The highest BCUT2D eigenvalue weighted by Crippen LogP contribution is 2.20. The Kier molecular flexibility index (Phi) is 5.58. The molecule has 1 aliphatic rings. The molecule has 0 bridgehead atoms. The number of benzene rings is 1. The Bertz CT molecular complexity index is 534. The van der Waals surface area contributed by atoms with Crippen molar-refractivity contribution in [3.05, 3.63) is 29.3 Å². The second-order valence-corrected chi connectivity index (χ2v) is 6.25. The van der Waals surface area contributed by atoms with Gasteiger partial charge in [-0.25, -0.2) is 0 Å². The SMILES string of the molecule is CCC1CCCCN1C(=O)CC(=O)Nc1cc(C)cc(C)c1. The maximum Gasteiger partial charge on any atom is 0.233 e. The molecule has 1 heterocycles. The van der Waals surface area contributed by atoms with Gasteiger partial charge in [-0.1, -0.05) is 13.0 Å². The van der Waals surface area contributed by atoms with Crippen molar-refractivity contribution in [2.24, 2.45) is 0 Å². The summed E-state index contributed by atoms with van der Waals surface area (Å²) < 4.78 is 0. The third kappa shape index (κ3) is 4.33. The van der Waals surface area contributed by atoms with Crippen molar-refractivity contribution < 1.29 is 9.59 Å². The minimum Gasteiger partial charge on any atom is -0.339 e. The van der Waals surface area contributed by atoms with E-state index in [9.17, 15) is 9.59 Å². The smallest absolute Gasteiger partial charge is 0.233 e. The number of hydrogen-bond donors (Lipinski definition) is 1. The van der Waals surface area contributed by atoms with Crippen molar-refractivity contribution in [3.63, 3.8) is 0 Å². The number of nitrogens with one attached hydrogen (secondary N) is 1. The first-order valence-corrected chi connectivity index (χ1v) is 8.17. The monoisotopic (exact) mass is 302 g/mol. The van der Waals surface area contributed by atoms with Crippen LogP contribution in [0.3, 0.4) is 0 Å². The van der Waals surface area contributed by atoms with Crippen LogP contribution in [0.1, 0.15) is 50.2 Å². The minimum absolute atomic E-state index is 0.0478. The number of carbonyl (C=O) groups is 2. The first-order chi connectivity index (χ1) is 10.5. The van der Waals surface area contributed by atoms with Crippen molar-refractivity contribution in [1.82, 2.24) is 4.90 Å². The third-order valence-corrected chi connectivity index (χ3v) is 4.24. The molecule has 120 valence electrons. The predicted octanol–water partition coefficient (Wildman–Crippen LogP) is 3.42. The van der Waals surface area contributed by atoms with Gasteiger partial charge < -0.3 is 10.2 Å². The number of anilines is 1. The van der Waals surface area contributed by atoms with Crippen LogP contribution in [-0.2, 0) is 9.59 Å². The van der Waals surface area contributed by atoms with Crippen LogP contribution < -0.4 is 5.32 Å². The Labute approximate surface area is 132 Å². The molecule has 0 saturated carbocycles. The molecular formula is C18H26N2O2. The molecule has 1 atom stereocenters. The van der Waals surface area contributed by atoms with E-state index in [-0.39, 0.29) is 18.2 Å². The van der Waals surface area contributed by atoms with E-state index in [4.69, 9.17) is 0 Å². The van der Waals surface area contributed by atoms with Gasteiger partial charge in [-0.15, -0.1) is 0 Å². The van der Waals surface area contributed by atoms with E-state index in [1.165, 1.54) is 6.42 Å². The number of carbonyl (C=O) groups excluding carboxylic acids is 2. The van der Waals surface area contributed by atoms with Crippen LogP contribution in [0, 0.1) is 13.8 Å². The minimum atomic E-state index is -0.226. The summed E-state index contributed by atoms with van der Waals surface area (Å²) in [7, 11) is 0. The topological polar surface area (TPSA) is 49.4 Å². The largest absolute Gasteiger partial charge is 0.339 e. The molecule has 1 aromatic carbocycles. The highest BCUT2D eigenvalue weighted by molar-refractivity contribution is 6.03. The van der Waals surface area contributed by atoms with Gasteiger partial charge in [-0.3, -0.25) is 9.59 Å². The van der Waals surface area contributed by atoms with Gasteiger partial charge >= 0.3 is 0 Å². The Balaban J connectivity index is 1.94. The molecule has 1 fully saturated rings. The number of piperidine rings is 1. The zero-order valence-electron chi connectivity index (χ0n) is 13.8. The van der Waals surface area contributed by atoms with Crippen molar-refractivity contribution in [2.45, 2.75) is 58.9 Å². The van der Waals surface area contributed by atoms with Crippen molar-refractivity contribution in [1.29, 1.82) is 0 Å². The maximum atomic E-state index is 12.4. The maximum absolute atomic E-state index is 12.4. The number of hydrogen-bond acceptors (Lipinski definition) is 2. The average Bonchev–Trinajstić information content (AvgIpc) is 2.45. The van der Waals surface area contributed by atoms with Crippen LogP contribution in [0.5, 0.6) is 0 Å². The summed E-state index contributed by atoms with van der Waals surface area (Å²) in [5.41, 5.74) is 2.97. The summed E-state index contributed by atoms with van der Waals surface area (Å²) in [6.45, 7) is 6.88. The lowest BCUT2D eigenvalue weighted by Crippen LogP contribution is -2.44. The molecule has 1 saturated heterocycles. The van der Waals surface area contributed by atoms with E-state index in [0.717, 1.165) is 42.6 Å². The number of amides is 2. The molecule has 0 radical (unpaired) electrons. The lowest BCUT2D eigenvalue weighted by molar-refractivity contribution is -0.137. The second-order valence-electron chi connectivity index (χ2n) is 6.25. The summed E-state index contributed by atoms with van der Waals surface area (Å²) in [4.78, 5) is 26.4. The molecule has 4 nitrogen and oxygen atoms in total. The van der Waals surface area contributed by atoms with Crippen LogP contribution in [0.2, 0.25) is 0 Å². The Morgan fingerprint density at radius 2 is 1.86 bits per heavy atom. The summed E-state index contributed by atoms with van der Waals surface area (Å²) in [5.74, 6) is -0.274. The fourth-order valence-corrected chi connectivity index (χ4v) is 3.24. The van der Waals surface area contributed by atoms with Gasteiger partial charge in [0, 0.05) is 18.3 Å². The highest BCUT2D eigenvalue weighted by atomic mass is 16.2. The van der Waals surface area contributed by atoms with Gasteiger partial charge in [0.05, 0.1) is 0 Å². The standard InChI is InChI=1S/C18H26N2O2/c1-4-16-7-5-6-8-20(16)18(22)12-17(21)19-15-10-13(2)9-14(3)11-15/h9-11,16H,4-8,12H2,1-3H3,(H,19,21). The second kappa shape index (κ2) is 7.43. The lowest BCUT2D eigenvalue weighted by Gasteiger charge is -2.35. The summed E-state index contributed by atoms with van der Waals surface area (Å²) in [6.07, 6.45) is 4.17. The van der Waals surface area contributed by atoms with Crippen LogP contribution >= 0.6 is 0 Å². The Hall–Kier alpha value is -1.84. The lowest BCUT2D eigenvalue weighted by atomic mass is 9.99. The van der Waals surface area contributed by atoms with Gasteiger partial charge in [0.1, 0.15) is 6.42 Å². The Morgan fingerprint density at radius 3 is 2.50 bits per heavy atom. The van der Waals surface area contributed by atoms with Crippen molar-refractivity contribution >= 4 is 17.5 Å². The number of nitrogens with zero attached hydrogens (tertiary/aromatic N) is 1. The van der Waals surface area contributed by atoms with Gasteiger partial charge in [-0.2, -0.15) is 0 Å². The fraction of sp³-hybridized carbons (Fsp3) is 0.556. The molecule has 1 aromatic rings. The van der Waals surface area contributed by atoms with Crippen LogP contribution in [-0.4, -0.2) is 29.3 Å². The van der Waals surface area contributed by atoms with Gasteiger partial charge in [-0.05, 0) is 62.8 Å². The highest BCUT2D eigenvalue weighted by Gasteiger charge is 2.26. The van der Waals surface area contributed by atoms with E-state index >= 15 is 0 Å². The van der Waals surface area contributed by atoms with Gasteiger partial charge in [0.25, 0.3) is 0 Å². The number of likely N-dealkylation sites (tertiary alicyclic amines) is 1. The predicted molar refractivity (Wildman–Crippen MR) is 88.8 cm³/mol. The molecule has 0 aromatic heterocycles. The van der Waals surface area contributed by atoms with E-state index in [0.29, 0.717) is 6.04 Å².